The fourth-order valence-corrected chi connectivity index (χ4v) is 3.46. The first-order valence-electron chi connectivity index (χ1n) is 7.50. The molecule has 4 nitrogen and oxygen atoms in total. The van der Waals surface area contributed by atoms with E-state index in [-0.39, 0.29) is 6.10 Å². The summed E-state index contributed by atoms with van der Waals surface area (Å²) >= 11 is 1.65. The highest BCUT2D eigenvalue weighted by Gasteiger charge is 2.28. The van der Waals surface area contributed by atoms with Crippen LogP contribution in [0.2, 0.25) is 0 Å². The first-order chi connectivity index (χ1) is 10.5. The number of nitrogens with zero attached hydrogens (tertiary/aromatic N) is 1. The van der Waals surface area contributed by atoms with Crippen LogP contribution >= 0.6 is 11.3 Å². The number of ether oxygens (including phenoxy) is 1. The van der Waals surface area contributed by atoms with Gasteiger partial charge in [-0.25, -0.2) is 4.99 Å². The zero-order valence-electron chi connectivity index (χ0n) is 12.9. The summed E-state index contributed by atoms with van der Waals surface area (Å²) in [6.07, 6.45) is 1.76. The largest absolute Gasteiger partial charge is 0.480 e. The Balaban J connectivity index is 1.96. The standard InChI is InChI=1S/C17H21N3OS/c1-3-5-14-16(18)20-12-10-11(7-8-13(12)21-14)17(2,19)15-6-4-9-22-15/h4,6-10,14H,3,5,19H2,1-2H3,(H2,18,20). The van der Waals surface area contributed by atoms with Crippen LogP contribution in [0, 0.1) is 0 Å². The second-order valence-electron chi connectivity index (χ2n) is 5.79. The Morgan fingerprint density at radius 2 is 2.18 bits per heavy atom. The summed E-state index contributed by atoms with van der Waals surface area (Å²) in [5.74, 6) is 1.32. The molecule has 0 aliphatic carbocycles. The molecule has 2 unspecified atom stereocenters. The zero-order chi connectivity index (χ0) is 15.7. The van der Waals surface area contributed by atoms with E-state index in [2.05, 4.69) is 18.0 Å². The van der Waals surface area contributed by atoms with Crippen molar-refractivity contribution in [1.29, 1.82) is 0 Å². The zero-order valence-corrected chi connectivity index (χ0v) is 13.7. The lowest BCUT2D eigenvalue weighted by atomic mass is 9.91. The van der Waals surface area contributed by atoms with Crippen molar-refractivity contribution in [1.82, 2.24) is 0 Å². The number of thiophene rings is 1. The number of hydrogen-bond donors (Lipinski definition) is 2. The summed E-state index contributed by atoms with van der Waals surface area (Å²) < 4.78 is 5.95. The molecule has 22 heavy (non-hydrogen) atoms. The van der Waals surface area contributed by atoms with Crippen LogP contribution in [0.15, 0.2) is 40.7 Å². The molecule has 1 aliphatic heterocycles. The molecule has 0 saturated carbocycles. The van der Waals surface area contributed by atoms with Crippen molar-refractivity contribution in [2.45, 2.75) is 38.3 Å². The smallest absolute Gasteiger partial charge is 0.156 e. The molecule has 0 saturated heterocycles. The van der Waals surface area contributed by atoms with Gasteiger partial charge in [-0.1, -0.05) is 25.5 Å². The van der Waals surface area contributed by atoms with Crippen molar-refractivity contribution < 1.29 is 4.74 Å². The predicted molar refractivity (Wildman–Crippen MR) is 92.0 cm³/mol. The van der Waals surface area contributed by atoms with Crippen LogP contribution in [-0.4, -0.2) is 11.9 Å². The third-order valence-electron chi connectivity index (χ3n) is 3.99. The van der Waals surface area contributed by atoms with Crippen molar-refractivity contribution in [2.75, 3.05) is 0 Å². The number of nitrogens with two attached hydrogens (primary N) is 2. The SMILES string of the molecule is CCCC1Oc2ccc(C(C)(N)c3cccs3)cc2N=C1N. The van der Waals surface area contributed by atoms with Crippen molar-refractivity contribution in [2.24, 2.45) is 16.5 Å². The minimum atomic E-state index is -0.548. The predicted octanol–water partition coefficient (Wildman–Crippen LogP) is 3.52. The van der Waals surface area contributed by atoms with Gasteiger partial charge in [0.05, 0.1) is 5.54 Å². The Labute approximate surface area is 134 Å². The molecular weight excluding hydrogens is 294 g/mol. The van der Waals surface area contributed by atoms with Gasteiger partial charge in [-0.2, -0.15) is 0 Å². The van der Waals surface area contributed by atoms with Gasteiger partial charge in [-0.3, -0.25) is 0 Å². The third-order valence-corrected chi connectivity index (χ3v) is 5.10. The van der Waals surface area contributed by atoms with Crippen LogP contribution in [0.25, 0.3) is 0 Å². The molecule has 0 amide bonds. The van der Waals surface area contributed by atoms with Crippen LogP contribution in [0.5, 0.6) is 5.75 Å². The highest BCUT2D eigenvalue weighted by atomic mass is 32.1. The molecule has 5 heteroatoms. The van der Waals surface area contributed by atoms with E-state index in [9.17, 15) is 0 Å². The molecule has 116 valence electrons. The van der Waals surface area contributed by atoms with Crippen molar-refractivity contribution in [3.05, 3.63) is 46.2 Å². The maximum Gasteiger partial charge on any atom is 0.156 e. The molecule has 2 heterocycles. The highest BCUT2D eigenvalue weighted by Crippen LogP contribution is 2.38. The molecule has 0 spiro atoms. The summed E-state index contributed by atoms with van der Waals surface area (Å²) in [6.45, 7) is 4.12. The minimum absolute atomic E-state index is 0.120. The summed E-state index contributed by atoms with van der Waals surface area (Å²) in [7, 11) is 0. The summed E-state index contributed by atoms with van der Waals surface area (Å²) in [5, 5.41) is 2.04. The first-order valence-corrected chi connectivity index (χ1v) is 8.38. The van der Waals surface area contributed by atoms with E-state index in [0.717, 1.165) is 34.7 Å². The lowest BCUT2D eigenvalue weighted by Crippen LogP contribution is -2.36. The molecular formula is C17H21N3OS. The normalized spacial score (nSPS) is 19.8. The molecule has 1 aromatic carbocycles. The molecule has 0 bridgehead atoms. The highest BCUT2D eigenvalue weighted by molar-refractivity contribution is 7.10. The van der Waals surface area contributed by atoms with Gasteiger partial charge >= 0.3 is 0 Å². The molecule has 1 aliphatic rings. The number of fused-ring (bicyclic) bond motifs is 1. The van der Waals surface area contributed by atoms with E-state index in [4.69, 9.17) is 16.2 Å². The Kier molecular flexibility index (Phi) is 3.93. The fourth-order valence-electron chi connectivity index (χ4n) is 2.64. The summed E-state index contributed by atoms with van der Waals surface area (Å²) in [4.78, 5) is 5.63. The van der Waals surface area contributed by atoms with Crippen molar-refractivity contribution in [3.63, 3.8) is 0 Å². The maximum absolute atomic E-state index is 6.54. The third kappa shape index (κ3) is 2.62. The molecule has 1 aromatic heterocycles. The molecule has 0 radical (unpaired) electrons. The average Bonchev–Trinajstić information content (AvgIpc) is 3.03. The van der Waals surface area contributed by atoms with Gasteiger partial charge < -0.3 is 16.2 Å². The lowest BCUT2D eigenvalue weighted by molar-refractivity contribution is 0.249. The van der Waals surface area contributed by atoms with Gasteiger partial charge in [0.15, 0.2) is 6.10 Å². The Hall–Kier alpha value is -1.85. The van der Waals surface area contributed by atoms with Crippen LogP contribution in [0.3, 0.4) is 0 Å². The Morgan fingerprint density at radius 1 is 1.36 bits per heavy atom. The summed E-state index contributed by atoms with van der Waals surface area (Å²) in [6, 6.07) is 10.00. The molecule has 4 N–H and O–H groups in total. The van der Waals surface area contributed by atoms with E-state index in [1.165, 1.54) is 0 Å². The second-order valence-corrected chi connectivity index (χ2v) is 6.74. The molecule has 2 aromatic rings. The lowest BCUT2D eigenvalue weighted by Gasteiger charge is -2.27. The minimum Gasteiger partial charge on any atom is -0.480 e. The quantitative estimate of drug-likeness (QED) is 0.906. The maximum atomic E-state index is 6.54. The van der Waals surface area contributed by atoms with Gasteiger partial charge in [0, 0.05) is 4.88 Å². The van der Waals surface area contributed by atoms with Gasteiger partial charge in [0.1, 0.15) is 17.3 Å². The number of amidine groups is 1. The van der Waals surface area contributed by atoms with E-state index < -0.39 is 5.54 Å². The Morgan fingerprint density at radius 3 is 2.86 bits per heavy atom. The van der Waals surface area contributed by atoms with Crippen molar-refractivity contribution in [3.8, 4) is 5.75 Å². The summed E-state index contributed by atoms with van der Waals surface area (Å²) in [5.41, 5.74) is 13.8. The Bertz CT molecular complexity index is 692. The molecule has 0 fully saturated rings. The molecule has 3 rings (SSSR count). The average molecular weight is 315 g/mol. The van der Waals surface area contributed by atoms with Crippen LogP contribution in [0.4, 0.5) is 5.69 Å². The van der Waals surface area contributed by atoms with E-state index in [1.54, 1.807) is 11.3 Å². The number of hydrogen-bond acceptors (Lipinski definition) is 5. The topological polar surface area (TPSA) is 73.6 Å². The van der Waals surface area contributed by atoms with Gasteiger partial charge in [0.2, 0.25) is 0 Å². The first kappa shape index (κ1) is 15.1. The van der Waals surface area contributed by atoms with Crippen molar-refractivity contribution >= 4 is 22.9 Å². The molecule has 2 atom stereocenters. The van der Waals surface area contributed by atoms with Gasteiger partial charge in [-0.05, 0) is 42.5 Å². The van der Waals surface area contributed by atoms with E-state index >= 15 is 0 Å². The number of aliphatic imine (C=N–C) groups is 1. The number of rotatable bonds is 4. The van der Waals surface area contributed by atoms with Crippen LogP contribution in [-0.2, 0) is 5.54 Å². The van der Waals surface area contributed by atoms with Gasteiger partial charge in [0.25, 0.3) is 0 Å². The van der Waals surface area contributed by atoms with Gasteiger partial charge in [-0.15, -0.1) is 11.3 Å². The fraction of sp³-hybridized carbons (Fsp3) is 0.353. The van der Waals surface area contributed by atoms with Crippen LogP contribution < -0.4 is 16.2 Å². The van der Waals surface area contributed by atoms with Crippen LogP contribution in [0.1, 0.15) is 37.1 Å². The monoisotopic (exact) mass is 315 g/mol. The second kappa shape index (κ2) is 5.74. The van der Waals surface area contributed by atoms with E-state index in [1.807, 2.05) is 36.6 Å². The van der Waals surface area contributed by atoms with E-state index in [0.29, 0.717) is 5.84 Å². The number of benzene rings is 1.